The van der Waals surface area contributed by atoms with Crippen molar-refractivity contribution in [1.82, 2.24) is 15.2 Å². The highest BCUT2D eigenvalue weighted by molar-refractivity contribution is 7.80. The van der Waals surface area contributed by atoms with Crippen molar-refractivity contribution in [1.29, 1.82) is 0 Å². The Hall–Kier alpha value is -4.19. The number of amides is 1. The van der Waals surface area contributed by atoms with Gasteiger partial charge in [-0.25, -0.2) is 4.99 Å². The van der Waals surface area contributed by atoms with Crippen LogP contribution in [0.2, 0.25) is 0 Å². The third-order valence-electron chi connectivity index (χ3n) is 7.89. The molecule has 0 unspecified atom stereocenters. The standard InChI is InChI=1S/C33H33N5O2S/c1-37-16-18-38(19-17-37)26-13-11-25(12-14-26)35-32(22-6-3-2-4-7-22)31-27-21-29(41)23(20-28(27)36-33(31)40)10-15-30(39)34-24-8-5-9-24/h2-4,6-7,11-14,20-21,24,36,40-41H,5,8-9,16-19H2,1H3,(H,34,39). The van der Waals surface area contributed by atoms with Crippen LogP contribution in [0.15, 0.2) is 76.6 Å². The van der Waals surface area contributed by atoms with Crippen molar-refractivity contribution in [2.24, 2.45) is 4.99 Å². The van der Waals surface area contributed by atoms with Crippen LogP contribution in [-0.2, 0) is 4.79 Å². The largest absolute Gasteiger partial charge is 0.494 e. The second kappa shape index (κ2) is 11.7. The van der Waals surface area contributed by atoms with Gasteiger partial charge in [0.1, 0.15) is 0 Å². The van der Waals surface area contributed by atoms with E-state index in [4.69, 9.17) is 4.99 Å². The molecule has 2 fully saturated rings. The number of carbonyl (C=O) groups is 1. The number of carbonyl (C=O) groups excluding carboxylic acids is 1. The summed E-state index contributed by atoms with van der Waals surface area (Å²) in [5, 5.41) is 14.8. The number of aliphatic imine (C=N–C) groups is 1. The second-order valence-electron chi connectivity index (χ2n) is 10.7. The maximum Gasteiger partial charge on any atom is 0.296 e. The minimum absolute atomic E-state index is 0.0113. The molecule has 7 nitrogen and oxygen atoms in total. The summed E-state index contributed by atoms with van der Waals surface area (Å²) in [6, 6.07) is 22.0. The number of aromatic amines is 1. The number of nitrogens with zero attached hydrogens (tertiary/aromatic N) is 3. The Bertz CT molecular complexity index is 1660. The number of anilines is 1. The third-order valence-corrected chi connectivity index (χ3v) is 8.26. The Kier molecular flexibility index (Phi) is 7.73. The molecule has 0 spiro atoms. The Morgan fingerprint density at radius 2 is 1.78 bits per heavy atom. The number of likely N-dealkylation sites (N-methyl/N-ethyl adjacent to an activating group) is 1. The summed E-state index contributed by atoms with van der Waals surface area (Å²) in [6.45, 7) is 4.10. The van der Waals surface area contributed by atoms with E-state index in [9.17, 15) is 9.90 Å². The van der Waals surface area contributed by atoms with Crippen molar-refractivity contribution in [3.05, 3.63) is 83.4 Å². The molecular weight excluding hydrogens is 530 g/mol. The monoisotopic (exact) mass is 563 g/mol. The van der Waals surface area contributed by atoms with Crippen LogP contribution in [0.1, 0.15) is 36.0 Å². The predicted molar refractivity (Wildman–Crippen MR) is 168 cm³/mol. The quantitative estimate of drug-likeness (QED) is 0.155. The van der Waals surface area contributed by atoms with Gasteiger partial charge in [-0.15, -0.1) is 12.6 Å². The zero-order valence-electron chi connectivity index (χ0n) is 23.0. The van der Waals surface area contributed by atoms with E-state index in [1.54, 1.807) is 0 Å². The van der Waals surface area contributed by atoms with Crippen LogP contribution in [0.3, 0.4) is 0 Å². The SMILES string of the molecule is CN1CCN(c2ccc(N=C(c3ccccc3)c3c(O)[nH]c4cc(C#CC(=O)NC5CCC5)c(S)cc34)cc2)CC1. The van der Waals surface area contributed by atoms with Crippen LogP contribution in [0.4, 0.5) is 11.4 Å². The highest BCUT2D eigenvalue weighted by Gasteiger charge is 2.21. The molecule has 1 aromatic heterocycles. The molecule has 3 aromatic carbocycles. The first-order valence-corrected chi connectivity index (χ1v) is 14.5. The second-order valence-corrected chi connectivity index (χ2v) is 11.2. The molecule has 0 atom stereocenters. The van der Waals surface area contributed by atoms with Gasteiger partial charge in [0.2, 0.25) is 0 Å². The van der Waals surface area contributed by atoms with E-state index in [0.29, 0.717) is 27.3 Å². The van der Waals surface area contributed by atoms with Crippen molar-refractivity contribution < 1.29 is 9.90 Å². The number of hydrogen-bond donors (Lipinski definition) is 4. The van der Waals surface area contributed by atoms with Gasteiger partial charge >= 0.3 is 0 Å². The summed E-state index contributed by atoms with van der Waals surface area (Å²) in [4.78, 5) is 25.7. The molecular formula is C33H33N5O2S. The van der Waals surface area contributed by atoms with Gasteiger partial charge < -0.3 is 25.2 Å². The van der Waals surface area contributed by atoms with E-state index in [1.165, 1.54) is 5.69 Å². The summed E-state index contributed by atoms with van der Waals surface area (Å²) in [7, 11) is 2.15. The van der Waals surface area contributed by atoms with E-state index in [2.05, 4.69) is 63.8 Å². The normalized spacial score (nSPS) is 16.2. The number of aromatic hydroxyl groups is 1. The lowest BCUT2D eigenvalue weighted by Gasteiger charge is -2.34. The molecule has 1 saturated heterocycles. The molecule has 0 bridgehead atoms. The van der Waals surface area contributed by atoms with Gasteiger partial charge in [0, 0.05) is 65.2 Å². The van der Waals surface area contributed by atoms with Gasteiger partial charge in [-0.2, -0.15) is 0 Å². The first kappa shape index (κ1) is 27.0. The van der Waals surface area contributed by atoms with E-state index in [0.717, 1.165) is 62.1 Å². The van der Waals surface area contributed by atoms with Crippen LogP contribution in [0.25, 0.3) is 10.9 Å². The van der Waals surface area contributed by atoms with Gasteiger partial charge in [-0.05, 0) is 62.7 Å². The highest BCUT2D eigenvalue weighted by atomic mass is 32.1. The summed E-state index contributed by atoms with van der Waals surface area (Å²) in [6.07, 6.45) is 3.16. The maximum absolute atomic E-state index is 12.2. The topological polar surface area (TPSA) is 84.0 Å². The lowest BCUT2D eigenvalue weighted by molar-refractivity contribution is -0.116. The minimum Gasteiger partial charge on any atom is -0.494 e. The Labute approximate surface area is 245 Å². The van der Waals surface area contributed by atoms with Gasteiger partial charge in [-0.3, -0.25) is 4.79 Å². The third kappa shape index (κ3) is 5.97. The van der Waals surface area contributed by atoms with Crippen LogP contribution in [0, 0.1) is 11.8 Å². The maximum atomic E-state index is 12.2. The number of H-pyrrole nitrogens is 1. The lowest BCUT2D eigenvalue weighted by atomic mass is 9.93. The van der Waals surface area contributed by atoms with Crippen LogP contribution in [0.5, 0.6) is 5.88 Å². The zero-order valence-corrected chi connectivity index (χ0v) is 23.9. The molecule has 4 aromatic rings. The zero-order chi connectivity index (χ0) is 28.3. The van der Waals surface area contributed by atoms with Crippen molar-refractivity contribution in [2.45, 2.75) is 30.2 Å². The summed E-state index contributed by atoms with van der Waals surface area (Å²) >= 11 is 4.68. The lowest BCUT2D eigenvalue weighted by Crippen LogP contribution is -2.44. The molecule has 1 aliphatic carbocycles. The molecule has 2 aliphatic rings. The number of hydrogen-bond acceptors (Lipinski definition) is 6. The molecule has 1 saturated carbocycles. The summed E-state index contributed by atoms with van der Waals surface area (Å²) < 4.78 is 0. The fraction of sp³-hybridized carbons (Fsp3) is 0.273. The molecule has 41 heavy (non-hydrogen) atoms. The van der Waals surface area contributed by atoms with Gasteiger partial charge in [-0.1, -0.05) is 36.3 Å². The van der Waals surface area contributed by atoms with Crippen molar-refractivity contribution in [3.8, 4) is 17.7 Å². The van der Waals surface area contributed by atoms with Crippen LogP contribution >= 0.6 is 12.6 Å². The molecule has 1 aliphatic heterocycles. The first-order chi connectivity index (χ1) is 19.9. The van der Waals surface area contributed by atoms with Crippen LogP contribution < -0.4 is 10.2 Å². The molecule has 208 valence electrons. The Morgan fingerprint density at radius 3 is 2.46 bits per heavy atom. The molecule has 2 heterocycles. The molecule has 8 heteroatoms. The van der Waals surface area contributed by atoms with Crippen molar-refractivity contribution >= 4 is 46.5 Å². The fourth-order valence-electron chi connectivity index (χ4n) is 5.25. The predicted octanol–water partition coefficient (Wildman–Crippen LogP) is 5.10. The van der Waals surface area contributed by atoms with E-state index < -0.39 is 0 Å². The molecule has 3 N–H and O–H groups in total. The molecule has 1 amide bonds. The number of thiol groups is 1. The first-order valence-electron chi connectivity index (χ1n) is 14.0. The Morgan fingerprint density at radius 1 is 1.05 bits per heavy atom. The number of benzene rings is 3. The number of aromatic nitrogens is 1. The highest BCUT2D eigenvalue weighted by Crippen LogP contribution is 2.34. The minimum atomic E-state index is -0.283. The van der Waals surface area contributed by atoms with Crippen molar-refractivity contribution in [3.63, 3.8) is 0 Å². The van der Waals surface area contributed by atoms with E-state index >= 15 is 0 Å². The smallest absolute Gasteiger partial charge is 0.296 e. The van der Waals surface area contributed by atoms with Gasteiger partial charge in [0.15, 0.2) is 5.88 Å². The number of nitrogens with one attached hydrogen (secondary N) is 2. The van der Waals surface area contributed by atoms with Gasteiger partial charge in [0.25, 0.3) is 5.91 Å². The number of rotatable bonds is 5. The van der Waals surface area contributed by atoms with E-state index in [-0.39, 0.29) is 17.8 Å². The van der Waals surface area contributed by atoms with E-state index in [1.807, 2.05) is 54.6 Å². The fourth-order valence-corrected chi connectivity index (χ4v) is 5.50. The average Bonchev–Trinajstić information content (AvgIpc) is 3.27. The van der Waals surface area contributed by atoms with Crippen LogP contribution in [-0.4, -0.2) is 65.9 Å². The Balaban J connectivity index is 1.35. The average molecular weight is 564 g/mol. The van der Waals surface area contributed by atoms with Crippen molar-refractivity contribution in [2.75, 3.05) is 38.1 Å². The summed E-state index contributed by atoms with van der Waals surface area (Å²) in [5.74, 6) is 5.36. The van der Waals surface area contributed by atoms with Gasteiger partial charge in [0.05, 0.1) is 22.5 Å². The molecule has 6 rings (SSSR count). The summed E-state index contributed by atoms with van der Waals surface area (Å²) in [5.41, 5.74) is 5.39. The number of fused-ring (bicyclic) bond motifs is 1. The molecule has 0 radical (unpaired) electrons. The number of piperazine rings is 1.